The molecule has 0 atom stereocenters. The minimum Gasteiger partial charge on any atom is -0.198 e. The van der Waals surface area contributed by atoms with Crippen molar-refractivity contribution >= 4 is 0 Å². The standard InChI is InChI=1S/C12H15N/c1-10(2)12-7-5-11(6-8-12)4-3-9-13/h5-8,10H,3-4H2,1-2H3. The number of hydrogen-bond acceptors (Lipinski definition) is 1. The molecule has 0 amide bonds. The van der Waals surface area contributed by atoms with E-state index < -0.39 is 0 Å². The van der Waals surface area contributed by atoms with Crippen LogP contribution in [-0.4, -0.2) is 0 Å². The number of hydrogen-bond donors (Lipinski definition) is 0. The summed E-state index contributed by atoms with van der Waals surface area (Å²) in [5.74, 6) is 0.588. The molecular formula is C12H15N. The van der Waals surface area contributed by atoms with Gasteiger partial charge in [0.2, 0.25) is 0 Å². The lowest BCUT2D eigenvalue weighted by Crippen LogP contribution is -1.88. The molecule has 0 aliphatic heterocycles. The zero-order valence-electron chi connectivity index (χ0n) is 8.25. The fourth-order valence-corrected chi connectivity index (χ4v) is 1.27. The number of rotatable bonds is 3. The number of nitrogens with zero attached hydrogens (tertiary/aromatic N) is 1. The molecule has 1 aromatic carbocycles. The third-order valence-electron chi connectivity index (χ3n) is 2.17. The SMILES string of the molecule is CC(C)c1ccc(CCC#N)cc1. The Hall–Kier alpha value is -1.29. The molecule has 1 heteroatoms. The van der Waals surface area contributed by atoms with Gasteiger partial charge in [0.05, 0.1) is 6.07 Å². The summed E-state index contributed by atoms with van der Waals surface area (Å²) in [5.41, 5.74) is 2.62. The predicted molar refractivity (Wildman–Crippen MR) is 54.5 cm³/mol. The van der Waals surface area contributed by atoms with Crippen LogP contribution in [0.15, 0.2) is 24.3 Å². The Bertz CT molecular complexity index is 290. The lowest BCUT2D eigenvalue weighted by atomic mass is 10.0. The summed E-state index contributed by atoms with van der Waals surface area (Å²) in [6.07, 6.45) is 1.48. The summed E-state index contributed by atoms with van der Waals surface area (Å²) in [7, 11) is 0. The van der Waals surface area contributed by atoms with Crippen molar-refractivity contribution in [3.63, 3.8) is 0 Å². The van der Waals surface area contributed by atoms with E-state index in [1.807, 2.05) is 0 Å². The first-order valence-corrected chi connectivity index (χ1v) is 4.70. The topological polar surface area (TPSA) is 23.8 Å². The maximum Gasteiger partial charge on any atom is 0.0625 e. The third kappa shape index (κ3) is 2.91. The monoisotopic (exact) mass is 173 g/mol. The molecular weight excluding hydrogens is 158 g/mol. The third-order valence-corrected chi connectivity index (χ3v) is 2.17. The van der Waals surface area contributed by atoms with E-state index in [4.69, 9.17) is 5.26 Å². The molecule has 0 bridgehead atoms. The molecule has 1 aromatic rings. The van der Waals surface area contributed by atoms with E-state index in [2.05, 4.69) is 44.2 Å². The highest BCUT2D eigenvalue weighted by atomic mass is 14.2. The van der Waals surface area contributed by atoms with Gasteiger partial charge in [0.15, 0.2) is 0 Å². The van der Waals surface area contributed by atoms with E-state index in [0.29, 0.717) is 12.3 Å². The van der Waals surface area contributed by atoms with Crippen LogP contribution < -0.4 is 0 Å². The fraction of sp³-hybridized carbons (Fsp3) is 0.417. The van der Waals surface area contributed by atoms with E-state index in [0.717, 1.165) is 6.42 Å². The Kier molecular flexibility index (Phi) is 3.52. The van der Waals surface area contributed by atoms with Crippen molar-refractivity contribution in [1.29, 1.82) is 5.26 Å². The second kappa shape index (κ2) is 4.67. The van der Waals surface area contributed by atoms with Gasteiger partial charge in [0.1, 0.15) is 0 Å². The van der Waals surface area contributed by atoms with Crippen molar-refractivity contribution in [3.8, 4) is 6.07 Å². The van der Waals surface area contributed by atoms with Crippen LogP contribution in [-0.2, 0) is 6.42 Å². The van der Waals surface area contributed by atoms with Crippen molar-refractivity contribution in [2.24, 2.45) is 0 Å². The molecule has 68 valence electrons. The Morgan fingerprint density at radius 2 is 1.85 bits per heavy atom. The molecule has 0 spiro atoms. The van der Waals surface area contributed by atoms with Gasteiger partial charge < -0.3 is 0 Å². The van der Waals surface area contributed by atoms with E-state index in [1.54, 1.807) is 0 Å². The number of benzene rings is 1. The first kappa shape index (κ1) is 9.80. The maximum absolute atomic E-state index is 8.42. The minimum absolute atomic E-state index is 0.588. The van der Waals surface area contributed by atoms with Crippen molar-refractivity contribution in [2.45, 2.75) is 32.6 Å². The highest BCUT2D eigenvalue weighted by molar-refractivity contribution is 5.24. The summed E-state index contributed by atoms with van der Waals surface area (Å²) >= 11 is 0. The fourth-order valence-electron chi connectivity index (χ4n) is 1.27. The average Bonchev–Trinajstić information content (AvgIpc) is 2.15. The van der Waals surface area contributed by atoms with E-state index in [9.17, 15) is 0 Å². The van der Waals surface area contributed by atoms with E-state index >= 15 is 0 Å². The zero-order valence-corrected chi connectivity index (χ0v) is 8.25. The predicted octanol–water partition coefficient (Wildman–Crippen LogP) is 3.27. The second-order valence-corrected chi connectivity index (χ2v) is 3.55. The zero-order chi connectivity index (χ0) is 9.68. The van der Waals surface area contributed by atoms with Gasteiger partial charge in [-0.05, 0) is 23.5 Å². The molecule has 0 aliphatic rings. The molecule has 13 heavy (non-hydrogen) atoms. The van der Waals surface area contributed by atoms with Crippen LogP contribution in [0, 0.1) is 11.3 Å². The van der Waals surface area contributed by atoms with Gasteiger partial charge >= 0.3 is 0 Å². The highest BCUT2D eigenvalue weighted by Gasteiger charge is 1.98. The molecule has 0 saturated heterocycles. The maximum atomic E-state index is 8.42. The molecule has 0 heterocycles. The largest absolute Gasteiger partial charge is 0.198 e. The van der Waals surface area contributed by atoms with Gasteiger partial charge in [-0.15, -0.1) is 0 Å². The van der Waals surface area contributed by atoms with Gasteiger partial charge in [-0.2, -0.15) is 5.26 Å². The Balaban J connectivity index is 2.65. The van der Waals surface area contributed by atoms with Crippen molar-refractivity contribution in [3.05, 3.63) is 35.4 Å². The first-order chi connectivity index (χ1) is 6.24. The molecule has 0 aromatic heterocycles. The second-order valence-electron chi connectivity index (χ2n) is 3.55. The number of aryl methyl sites for hydroxylation is 1. The van der Waals surface area contributed by atoms with Crippen LogP contribution in [0.2, 0.25) is 0 Å². The molecule has 0 fully saturated rings. The lowest BCUT2D eigenvalue weighted by molar-refractivity contribution is 0.864. The molecule has 0 saturated carbocycles. The van der Waals surface area contributed by atoms with Crippen LogP contribution in [0.1, 0.15) is 37.3 Å². The van der Waals surface area contributed by atoms with Crippen LogP contribution in [0.3, 0.4) is 0 Å². The summed E-state index contributed by atoms with van der Waals surface area (Å²) in [6, 6.07) is 10.7. The van der Waals surface area contributed by atoms with Crippen LogP contribution >= 0.6 is 0 Å². The Labute approximate surface area is 80.0 Å². The van der Waals surface area contributed by atoms with Gasteiger partial charge in [0.25, 0.3) is 0 Å². The van der Waals surface area contributed by atoms with Gasteiger partial charge in [-0.25, -0.2) is 0 Å². The van der Waals surface area contributed by atoms with Crippen LogP contribution in [0.5, 0.6) is 0 Å². The smallest absolute Gasteiger partial charge is 0.0625 e. The Morgan fingerprint density at radius 1 is 1.23 bits per heavy atom. The van der Waals surface area contributed by atoms with Crippen molar-refractivity contribution in [2.75, 3.05) is 0 Å². The lowest BCUT2D eigenvalue weighted by Gasteiger charge is -2.05. The molecule has 0 aliphatic carbocycles. The average molecular weight is 173 g/mol. The van der Waals surface area contributed by atoms with Gasteiger partial charge in [-0.1, -0.05) is 38.1 Å². The summed E-state index contributed by atoms with van der Waals surface area (Å²) in [4.78, 5) is 0. The summed E-state index contributed by atoms with van der Waals surface area (Å²) < 4.78 is 0. The molecule has 0 radical (unpaired) electrons. The molecule has 1 rings (SSSR count). The summed E-state index contributed by atoms with van der Waals surface area (Å²) in [5, 5.41) is 8.42. The molecule has 0 N–H and O–H groups in total. The van der Waals surface area contributed by atoms with Crippen molar-refractivity contribution in [1.82, 2.24) is 0 Å². The Morgan fingerprint density at radius 3 is 2.31 bits per heavy atom. The van der Waals surface area contributed by atoms with Crippen LogP contribution in [0.25, 0.3) is 0 Å². The quantitative estimate of drug-likeness (QED) is 0.688. The number of nitriles is 1. The molecule has 0 unspecified atom stereocenters. The van der Waals surface area contributed by atoms with E-state index in [-0.39, 0.29) is 0 Å². The van der Waals surface area contributed by atoms with Gasteiger partial charge in [-0.3, -0.25) is 0 Å². The minimum atomic E-state index is 0.588. The van der Waals surface area contributed by atoms with Gasteiger partial charge in [0, 0.05) is 6.42 Å². The molecule has 1 nitrogen and oxygen atoms in total. The normalized spacial score (nSPS) is 10.0. The van der Waals surface area contributed by atoms with Crippen molar-refractivity contribution < 1.29 is 0 Å². The summed E-state index contributed by atoms with van der Waals surface area (Å²) in [6.45, 7) is 4.37. The van der Waals surface area contributed by atoms with E-state index in [1.165, 1.54) is 11.1 Å². The van der Waals surface area contributed by atoms with Crippen LogP contribution in [0.4, 0.5) is 0 Å². The highest BCUT2D eigenvalue weighted by Crippen LogP contribution is 2.15. The first-order valence-electron chi connectivity index (χ1n) is 4.70.